The summed E-state index contributed by atoms with van der Waals surface area (Å²) in [5, 5.41) is 8.63. The SMILES string of the molecule is NC(=O)[C@H](CC1=CC=CCC1)NO. The standard InChI is InChI=1S/C9H14N2O2/c10-9(12)8(11-13)6-7-4-2-1-3-5-7/h1-2,4,8,11,13H,3,5-6H2,(H2,10,12)/t8-/m0/s1. The van der Waals surface area contributed by atoms with Crippen molar-refractivity contribution in [3.63, 3.8) is 0 Å². The third-order valence-corrected chi connectivity index (χ3v) is 2.07. The van der Waals surface area contributed by atoms with Crippen molar-refractivity contribution in [3.8, 4) is 0 Å². The summed E-state index contributed by atoms with van der Waals surface area (Å²) in [4.78, 5) is 10.8. The Balaban J connectivity index is 2.50. The number of carbonyl (C=O) groups is 1. The molecule has 0 bridgehead atoms. The molecule has 0 aromatic rings. The molecule has 0 unspecified atom stereocenters. The van der Waals surface area contributed by atoms with Crippen LogP contribution in [-0.2, 0) is 4.79 Å². The number of hydrogen-bond acceptors (Lipinski definition) is 3. The molecule has 0 saturated heterocycles. The number of primary amides is 1. The Morgan fingerprint density at radius 1 is 1.77 bits per heavy atom. The van der Waals surface area contributed by atoms with Gasteiger partial charge in [-0.15, -0.1) is 0 Å². The number of rotatable bonds is 4. The van der Waals surface area contributed by atoms with Crippen molar-refractivity contribution in [1.29, 1.82) is 0 Å². The van der Waals surface area contributed by atoms with E-state index in [0.717, 1.165) is 18.4 Å². The molecule has 0 aliphatic heterocycles. The molecule has 0 spiro atoms. The highest BCUT2D eigenvalue weighted by Gasteiger charge is 2.15. The smallest absolute Gasteiger partial charge is 0.237 e. The van der Waals surface area contributed by atoms with Gasteiger partial charge in [0.15, 0.2) is 0 Å². The quantitative estimate of drug-likeness (QED) is 0.554. The molecule has 0 aromatic heterocycles. The Bertz CT molecular complexity index is 246. The van der Waals surface area contributed by atoms with Gasteiger partial charge in [0, 0.05) is 0 Å². The first-order chi connectivity index (χ1) is 6.24. The molecule has 4 nitrogen and oxygen atoms in total. The molecular weight excluding hydrogens is 168 g/mol. The van der Waals surface area contributed by atoms with Gasteiger partial charge in [0.25, 0.3) is 0 Å². The lowest BCUT2D eigenvalue weighted by Gasteiger charge is -2.14. The van der Waals surface area contributed by atoms with E-state index in [-0.39, 0.29) is 0 Å². The zero-order chi connectivity index (χ0) is 9.68. The first kappa shape index (κ1) is 9.95. The molecule has 0 radical (unpaired) electrons. The second-order valence-electron chi connectivity index (χ2n) is 3.08. The lowest BCUT2D eigenvalue weighted by Crippen LogP contribution is -2.39. The zero-order valence-corrected chi connectivity index (χ0v) is 7.36. The Morgan fingerprint density at radius 2 is 2.54 bits per heavy atom. The van der Waals surface area contributed by atoms with Gasteiger partial charge in [0.05, 0.1) is 0 Å². The van der Waals surface area contributed by atoms with E-state index in [0.29, 0.717) is 6.42 Å². The van der Waals surface area contributed by atoms with E-state index in [1.807, 2.05) is 17.6 Å². The summed E-state index contributed by atoms with van der Waals surface area (Å²) in [6.07, 6.45) is 8.38. The predicted molar refractivity (Wildman–Crippen MR) is 49.0 cm³/mol. The molecule has 0 fully saturated rings. The van der Waals surface area contributed by atoms with Crippen LogP contribution in [0.1, 0.15) is 19.3 Å². The average molecular weight is 182 g/mol. The van der Waals surface area contributed by atoms with E-state index in [2.05, 4.69) is 6.08 Å². The van der Waals surface area contributed by atoms with Gasteiger partial charge in [0.1, 0.15) is 6.04 Å². The van der Waals surface area contributed by atoms with Crippen LogP contribution in [0.4, 0.5) is 0 Å². The van der Waals surface area contributed by atoms with E-state index in [1.165, 1.54) is 0 Å². The predicted octanol–water partition coefficient (Wildman–Crippen LogP) is 0.486. The maximum atomic E-state index is 10.8. The summed E-state index contributed by atoms with van der Waals surface area (Å²) >= 11 is 0. The summed E-state index contributed by atoms with van der Waals surface area (Å²) in [5.41, 5.74) is 8.10. The van der Waals surface area contributed by atoms with Gasteiger partial charge in [-0.2, -0.15) is 5.48 Å². The van der Waals surface area contributed by atoms with Crippen molar-refractivity contribution in [1.82, 2.24) is 5.48 Å². The van der Waals surface area contributed by atoms with Crippen LogP contribution in [0.25, 0.3) is 0 Å². The number of nitrogens with two attached hydrogens (primary N) is 1. The Kier molecular flexibility index (Phi) is 3.67. The molecule has 1 amide bonds. The minimum absolute atomic E-state index is 0.482. The van der Waals surface area contributed by atoms with E-state index in [4.69, 9.17) is 10.9 Å². The van der Waals surface area contributed by atoms with Crippen LogP contribution in [0.15, 0.2) is 23.8 Å². The maximum absolute atomic E-state index is 10.8. The third-order valence-electron chi connectivity index (χ3n) is 2.07. The molecule has 4 heteroatoms. The van der Waals surface area contributed by atoms with Gasteiger partial charge in [-0.1, -0.05) is 23.8 Å². The number of nitrogens with one attached hydrogen (secondary N) is 1. The molecule has 1 aliphatic rings. The van der Waals surface area contributed by atoms with Gasteiger partial charge in [-0.05, 0) is 19.3 Å². The number of amides is 1. The summed E-state index contributed by atoms with van der Waals surface area (Å²) in [5.74, 6) is -0.530. The number of carbonyl (C=O) groups excluding carboxylic acids is 1. The van der Waals surface area contributed by atoms with Gasteiger partial charge in [-0.25, -0.2) is 0 Å². The lowest BCUT2D eigenvalue weighted by molar-refractivity contribution is -0.122. The molecule has 72 valence electrons. The van der Waals surface area contributed by atoms with Crippen molar-refractivity contribution in [3.05, 3.63) is 23.8 Å². The highest BCUT2D eigenvalue weighted by Crippen LogP contribution is 2.16. The summed E-state index contributed by atoms with van der Waals surface area (Å²) in [7, 11) is 0. The second-order valence-corrected chi connectivity index (χ2v) is 3.08. The van der Waals surface area contributed by atoms with Crippen molar-refractivity contribution in [2.24, 2.45) is 5.73 Å². The van der Waals surface area contributed by atoms with Gasteiger partial charge in [-0.3, -0.25) is 4.79 Å². The molecule has 1 aliphatic carbocycles. The minimum Gasteiger partial charge on any atom is -0.368 e. The molecule has 1 atom stereocenters. The van der Waals surface area contributed by atoms with Gasteiger partial charge in [0.2, 0.25) is 5.91 Å². The van der Waals surface area contributed by atoms with E-state index >= 15 is 0 Å². The molecule has 0 saturated carbocycles. The van der Waals surface area contributed by atoms with Gasteiger partial charge < -0.3 is 10.9 Å². The number of hydrogen-bond donors (Lipinski definition) is 3. The highest BCUT2D eigenvalue weighted by atomic mass is 16.5. The van der Waals surface area contributed by atoms with Crippen LogP contribution in [-0.4, -0.2) is 17.2 Å². The first-order valence-electron chi connectivity index (χ1n) is 4.27. The molecule has 0 aromatic carbocycles. The Labute approximate surface area is 77.1 Å². The number of hydroxylamine groups is 1. The van der Waals surface area contributed by atoms with Crippen LogP contribution < -0.4 is 11.2 Å². The van der Waals surface area contributed by atoms with Crippen LogP contribution in [0.3, 0.4) is 0 Å². The van der Waals surface area contributed by atoms with Crippen LogP contribution >= 0.6 is 0 Å². The first-order valence-corrected chi connectivity index (χ1v) is 4.27. The fraction of sp³-hybridized carbons (Fsp3) is 0.444. The van der Waals surface area contributed by atoms with Gasteiger partial charge >= 0.3 is 0 Å². The molecule has 0 heterocycles. The fourth-order valence-electron chi connectivity index (χ4n) is 1.29. The second kappa shape index (κ2) is 4.79. The number of allylic oxidation sites excluding steroid dienone is 3. The Hall–Kier alpha value is -1.13. The molecule has 13 heavy (non-hydrogen) atoms. The summed E-state index contributed by atoms with van der Waals surface area (Å²) in [6, 6.07) is -0.669. The van der Waals surface area contributed by atoms with E-state index in [1.54, 1.807) is 0 Å². The fourth-order valence-corrected chi connectivity index (χ4v) is 1.29. The normalized spacial score (nSPS) is 18.1. The van der Waals surface area contributed by atoms with Crippen LogP contribution in [0.2, 0.25) is 0 Å². The minimum atomic E-state index is -0.669. The zero-order valence-electron chi connectivity index (χ0n) is 7.36. The van der Waals surface area contributed by atoms with E-state index < -0.39 is 11.9 Å². The van der Waals surface area contributed by atoms with E-state index in [9.17, 15) is 4.79 Å². The largest absolute Gasteiger partial charge is 0.368 e. The monoisotopic (exact) mass is 182 g/mol. The van der Waals surface area contributed by atoms with Crippen molar-refractivity contribution < 1.29 is 10.0 Å². The Morgan fingerprint density at radius 3 is 3.00 bits per heavy atom. The summed E-state index contributed by atoms with van der Waals surface area (Å²) < 4.78 is 0. The van der Waals surface area contributed by atoms with Crippen molar-refractivity contribution >= 4 is 5.91 Å². The summed E-state index contributed by atoms with van der Waals surface area (Å²) in [6.45, 7) is 0. The van der Waals surface area contributed by atoms with Crippen LogP contribution in [0.5, 0.6) is 0 Å². The topological polar surface area (TPSA) is 75.4 Å². The average Bonchev–Trinajstić information content (AvgIpc) is 2.15. The molecular formula is C9H14N2O2. The molecule has 1 rings (SSSR count). The lowest BCUT2D eigenvalue weighted by atomic mass is 9.98. The van der Waals surface area contributed by atoms with Crippen molar-refractivity contribution in [2.45, 2.75) is 25.3 Å². The van der Waals surface area contributed by atoms with Crippen molar-refractivity contribution in [2.75, 3.05) is 0 Å². The highest BCUT2D eigenvalue weighted by molar-refractivity contribution is 5.80. The maximum Gasteiger partial charge on any atom is 0.237 e. The molecule has 4 N–H and O–H groups in total. The van der Waals surface area contributed by atoms with Crippen LogP contribution in [0, 0.1) is 0 Å². The third kappa shape index (κ3) is 3.01.